The number of benzene rings is 1. The molecule has 128 valence electrons. The first kappa shape index (κ1) is 17.3. The van der Waals surface area contributed by atoms with Gasteiger partial charge in [0, 0.05) is 11.5 Å². The zero-order valence-electron chi connectivity index (χ0n) is 12.7. The summed E-state index contributed by atoms with van der Waals surface area (Å²) in [5.74, 6) is 0.434. The van der Waals surface area contributed by atoms with Crippen molar-refractivity contribution in [2.24, 2.45) is 5.10 Å². The lowest BCUT2D eigenvalue weighted by molar-refractivity contribution is 0.419. The van der Waals surface area contributed by atoms with Gasteiger partial charge in [0.1, 0.15) is 10.8 Å². The van der Waals surface area contributed by atoms with Gasteiger partial charge in [0.05, 0.1) is 11.2 Å². The molecule has 0 aliphatic heterocycles. The summed E-state index contributed by atoms with van der Waals surface area (Å²) in [6.07, 6.45) is 7.07. The van der Waals surface area contributed by atoms with Crippen LogP contribution in [0.5, 0.6) is 11.5 Å². The van der Waals surface area contributed by atoms with Crippen LogP contribution in [0, 0.1) is 4.77 Å². The minimum absolute atomic E-state index is 0.0301. The van der Waals surface area contributed by atoms with Crippen molar-refractivity contribution in [2.45, 2.75) is 38.0 Å². The quantitative estimate of drug-likeness (QED) is 0.531. The van der Waals surface area contributed by atoms with Gasteiger partial charge in [-0.05, 0) is 31.1 Å². The van der Waals surface area contributed by atoms with Gasteiger partial charge in [-0.1, -0.05) is 42.5 Å². The predicted octanol–water partition coefficient (Wildman–Crippen LogP) is 4.59. The fourth-order valence-electron chi connectivity index (χ4n) is 2.88. The summed E-state index contributed by atoms with van der Waals surface area (Å²) in [5, 5.41) is 30.8. The number of aromatic nitrogens is 3. The molecule has 2 aromatic rings. The molecule has 1 heterocycles. The summed E-state index contributed by atoms with van der Waals surface area (Å²) in [4.78, 5) is 0. The summed E-state index contributed by atoms with van der Waals surface area (Å²) in [6.45, 7) is 0. The van der Waals surface area contributed by atoms with Gasteiger partial charge >= 0.3 is 0 Å². The van der Waals surface area contributed by atoms with Crippen molar-refractivity contribution in [1.82, 2.24) is 14.9 Å². The van der Waals surface area contributed by atoms with Crippen LogP contribution in [0.3, 0.4) is 0 Å². The molecule has 0 saturated heterocycles. The van der Waals surface area contributed by atoms with Crippen molar-refractivity contribution < 1.29 is 10.2 Å². The lowest BCUT2D eigenvalue weighted by atomic mass is 9.89. The van der Waals surface area contributed by atoms with E-state index in [1.54, 1.807) is 4.68 Å². The second-order valence-electron chi connectivity index (χ2n) is 5.74. The summed E-state index contributed by atoms with van der Waals surface area (Å²) in [6, 6.07) is 1.38. The monoisotopic (exact) mass is 386 g/mol. The van der Waals surface area contributed by atoms with E-state index >= 15 is 0 Å². The fourth-order valence-corrected chi connectivity index (χ4v) is 3.53. The van der Waals surface area contributed by atoms with Crippen molar-refractivity contribution in [3.05, 3.63) is 32.3 Å². The highest BCUT2D eigenvalue weighted by atomic mass is 35.5. The van der Waals surface area contributed by atoms with Crippen LogP contribution in [0.2, 0.25) is 10.0 Å². The molecule has 0 atom stereocenters. The Labute approximate surface area is 153 Å². The smallest absolute Gasteiger partial charge is 0.216 e. The van der Waals surface area contributed by atoms with Gasteiger partial charge in [-0.25, -0.2) is 0 Å². The maximum absolute atomic E-state index is 10.0. The average Bonchev–Trinajstić information content (AvgIpc) is 2.96. The van der Waals surface area contributed by atoms with Crippen LogP contribution in [0.1, 0.15) is 49.4 Å². The number of nitrogens with zero attached hydrogens (tertiary/aromatic N) is 3. The number of nitrogens with one attached hydrogen (secondary N) is 1. The maximum Gasteiger partial charge on any atom is 0.216 e. The van der Waals surface area contributed by atoms with E-state index in [1.165, 1.54) is 18.7 Å². The van der Waals surface area contributed by atoms with E-state index in [0.29, 0.717) is 10.7 Å². The van der Waals surface area contributed by atoms with E-state index in [0.717, 1.165) is 31.5 Å². The van der Waals surface area contributed by atoms with Crippen LogP contribution in [0.25, 0.3) is 0 Å². The van der Waals surface area contributed by atoms with E-state index in [1.807, 2.05) is 0 Å². The minimum Gasteiger partial charge on any atom is -0.506 e. The van der Waals surface area contributed by atoms with Crippen molar-refractivity contribution in [3.8, 4) is 11.5 Å². The predicted molar refractivity (Wildman–Crippen MR) is 96.0 cm³/mol. The number of halogens is 2. The zero-order chi connectivity index (χ0) is 17.3. The fraction of sp³-hybridized carbons (Fsp3) is 0.400. The van der Waals surface area contributed by atoms with E-state index in [9.17, 15) is 10.2 Å². The summed E-state index contributed by atoms with van der Waals surface area (Å²) >= 11 is 17.0. The Morgan fingerprint density at radius 1 is 1.25 bits per heavy atom. The highest BCUT2D eigenvalue weighted by Gasteiger charge is 2.21. The number of hydrogen-bond acceptors (Lipinski definition) is 5. The molecule has 6 nitrogen and oxygen atoms in total. The molecular formula is C15H16Cl2N4O2S. The van der Waals surface area contributed by atoms with Crippen LogP contribution in [0.4, 0.5) is 0 Å². The first-order chi connectivity index (χ1) is 11.5. The van der Waals surface area contributed by atoms with Crippen molar-refractivity contribution in [2.75, 3.05) is 0 Å². The Morgan fingerprint density at radius 2 is 1.96 bits per heavy atom. The molecule has 1 aliphatic carbocycles. The van der Waals surface area contributed by atoms with Gasteiger partial charge in [-0.3, -0.25) is 5.10 Å². The zero-order valence-corrected chi connectivity index (χ0v) is 15.0. The largest absolute Gasteiger partial charge is 0.506 e. The maximum atomic E-state index is 10.0. The van der Waals surface area contributed by atoms with Crippen LogP contribution >= 0.6 is 35.4 Å². The molecule has 1 fully saturated rings. The molecule has 0 spiro atoms. The number of rotatable bonds is 3. The Balaban J connectivity index is 1.96. The van der Waals surface area contributed by atoms with Crippen LogP contribution < -0.4 is 0 Å². The molecule has 0 bridgehead atoms. The first-order valence-electron chi connectivity index (χ1n) is 7.60. The second-order valence-corrected chi connectivity index (χ2v) is 6.91. The topological polar surface area (TPSA) is 86.4 Å². The number of aromatic amines is 1. The standard InChI is InChI=1S/C15H16Cl2N4O2S/c16-10-6-9(12(22)11(17)13(10)23)7-18-21-14(19-20-15(21)24)8-4-2-1-3-5-8/h6-8,22-23H,1-5H2,(H,20,24)/b18-7-. The van der Waals surface area contributed by atoms with Gasteiger partial charge in [-0.15, -0.1) is 0 Å². The molecule has 3 rings (SSSR count). The summed E-state index contributed by atoms with van der Waals surface area (Å²) in [5.41, 5.74) is 0.278. The molecule has 0 radical (unpaired) electrons. The molecule has 24 heavy (non-hydrogen) atoms. The van der Waals surface area contributed by atoms with Crippen LogP contribution in [-0.4, -0.2) is 31.3 Å². The third-order valence-corrected chi connectivity index (χ3v) is 5.07. The molecule has 1 saturated carbocycles. The highest BCUT2D eigenvalue weighted by Crippen LogP contribution is 2.40. The third kappa shape index (κ3) is 3.29. The number of phenolic OH excluding ortho intramolecular Hbond substituents is 2. The average molecular weight is 387 g/mol. The first-order valence-corrected chi connectivity index (χ1v) is 8.77. The number of aromatic hydroxyl groups is 2. The van der Waals surface area contributed by atoms with E-state index in [2.05, 4.69) is 15.3 Å². The molecular weight excluding hydrogens is 371 g/mol. The molecule has 1 aliphatic rings. The molecule has 1 aromatic carbocycles. The van der Waals surface area contributed by atoms with Crippen molar-refractivity contribution >= 4 is 41.6 Å². The van der Waals surface area contributed by atoms with Crippen molar-refractivity contribution in [1.29, 1.82) is 0 Å². The lowest BCUT2D eigenvalue weighted by Crippen LogP contribution is -2.10. The Hall–Kier alpha value is -1.57. The normalized spacial score (nSPS) is 16.1. The molecule has 9 heteroatoms. The van der Waals surface area contributed by atoms with Gasteiger partial charge in [0.2, 0.25) is 4.77 Å². The Morgan fingerprint density at radius 3 is 2.67 bits per heavy atom. The summed E-state index contributed by atoms with van der Waals surface area (Å²) in [7, 11) is 0. The van der Waals surface area contributed by atoms with E-state index in [4.69, 9.17) is 35.4 Å². The van der Waals surface area contributed by atoms with E-state index < -0.39 is 0 Å². The Bertz CT molecular complexity index is 841. The minimum atomic E-state index is -0.365. The second kappa shape index (κ2) is 7.13. The van der Waals surface area contributed by atoms with Gasteiger partial charge in [-0.2, -0.15) is 14.9 Å². The molecule has 0 amide bonds. The third-order valence-electron chi connectivity index (χ3n) is 4.16. The number of H-pyrrole nitrogens is 1. The Kier molecular flexibility index (Phi) is 5.12. The van der Waals surface area contributed by atoms with Gasteiger partial charge < -0.3 is 10.2 Å². The van der Waals surface area contributed by atoms with Crippen LogP contribution in [0.15, 0.2) is 11.2 Å². The van der Waals surface area contributed by atoms with Gasteiger partial charge in [0.25, 0.3) is 0 Å². The summed E-state index contributed by atoms with van der Waals surface area (Å²) < 4.78 is 1.93. The van der Waals surface area contributed by atoms with E-state index in [-0.39, 0.29) is 27.1 Å². The highest BCUT2D eigenvalue weighted by molar-refractivity contribution is 7.71. The number of hydrogen-bond donors (Lipinski definition) is 3. The SMILES string of the molecule is Oc1c(Cl)cc(/C=N\n2c(C3CCCCC3)n[nH]c2=S)c(O)c1Cl. The molecule has 3 N–H and O–H groups in total. The lowest BCUT2D eigenvalue weighted by Gasteiger charge is -2.19. The molecule has 0 unspecified atom stereocenters. The van der Waals surface area contributed by atoms with Gasteiger partial charge in [0.15, 0.2) is 11.6 Å². The number of phenols is 2. The van der Waals surface area contributed by atoms with Crippen molar-refractivity contribution in [3.63, 3.8) is 0 Å². The molecule has 1 aromatic heterocycles. The van der Waals surface area contributed by atoms with Crippen LogP contribution in [-0.2, 0) is 0 Å².